The molecule has 4 rings (SSSR count). The van der Waals surface area contributed by atoms with Gasteiger partial charge in [0.15, 0.2) is 0 Å². The number of carboxylic acid groups (broad SMARTS) is 1. The largest absolute Gasteiger partial charge is 0.494 e. The van der Waals surface area contributed by atoms with Crippen molar-refractivity contribution in [2.24, 2.45) is 0 Å². The summed E-state index contributed by atoms with van der Waals surface area (Å²) in [5, 5.41) is 10.4. The van der Waals surface area contributed by atoms with Gasteiger partial charge < -0.3 is 9.84 Å². The van der Waals surface area contributed by atoms with Gasteiger partial charge in [-0.2, -0.15) is 0 Å². The van der Waals surface area contributed by atoms with Crippen molar-refractivity contribution in [2.75, 3.05) is 6.61 Å². The third kappa shape index (κ3) is 3.97. The second kappa shape index (κ2) is 8.15. The molecule has 0 atom stereocenters. The summed E-state index contributed by atoms with van der Waals surface area (Å²) in [6.07, 6.45) is 0.961. The Morgan fingerprint density at radius 1 is 0.897 bits per heavy atom. The molecular weight excluding hydrogens is 362 g/mol. The maximum Gasteiger partial charge on any atom is 0.336 e. The maximum absolute atomic E-state index is 11.9. The quantitative estimate of drug-likeness (QED) is 0.440. The molecule has 0 radical (unpaired) electrons. The first kappa shape index (κ1) is 18.7. The van der Waals surface area contributed by atoms with Crippen LogP contribution in [0.5, 0.6) is 5.75 Å². The molecule has 0 fully saturated rings. The summed E-state index contributed by atoms with van der Waals surface area (Å²) in [4.78, 5) is 16.6. The van der Waals surface area contributed by atoms with Crippen molar-refractivity contribution in [3.05, 3.63) is 84.4 Å². The molecule has 1 heterocycles. The van der Waals surface area contributed by atoms with Crippen molar-refractivity contribution in [1.29, 1.82) is 0 Å². The van der Waals surface area contributed by atoms with Gasteiger partial charge in [-0.05, 0) is 47.9 Å². The van der Waals surface area contributed by atoms with Gasteiger partial charge in [0.2, 0.25) is 0 Å². The Morgan fingerprint density at radius 3 is 2.31 bits per heavy atom. The highest BCUT2D eigenvalue weighted by atomic mass is 16.5. The highest BCUT2D eigenvalue weighted by Gasteiger charge is 2.14. The number of hydrogen-bond donors (Lipinski definition) is 1. The van der Waals surface area contributed by atoms with E-state index in [0.29, 0.717) is 23.2 Å². The summed E-state index contributed by atoms with van der Waals surface area (Å²) in [5.74, 6) is -0.133. The zero-order valence-corrected chi connectivity index (χ0v) is 16.1. The van der Waals surface area contributed by atoms with Gasteiger partial charge in [0.25, 0.3) is 0 Å². The van der Waals surface area contributed by atoms with Gasteiger partial charge in [-0.1, -0.05) is 55.5 Å². The maximum atomic E-state index is 11.9. The lowest BCUT2D eigenvalue weighted by atomic mass is 9.99. The number of aromatic nitrogens is 1. The van der Waals surface area contributed by atoms with Crippen LogP contribution in [0.2, 0.25) is 0 Å². The molecule has 29 heavy (non-hydrogen) atoms. The second-order valence-electron chi connectivity index (χ2n) is 6.83. The number of pyridine rings is 1. The van der Waals surface area contributed by atoms with Gasteiger partial charge >= 0.3 is 5.97 Å². The van der Waals surface area contributed by atoms with Crippen molar-refractivity contribution in [3.8, 4) is 28.1 Å². The number of aromatic carboxylic acids is 1. The molecule has 3 aromatic carbocycles. The Labute approximate surface area is 169 Å². The Morgan fingerprint density at radius 2 is 1.62 bits per heavy atom. The standard InChI is InChI=1S/C25H21NO3/c1-2-14-29-20-11-8-17(9-12-20)19-10-13-23-21(15-19)22(25(27)28)16-24(26-23)18-6-4-3-5-7-18/h3-13,15-16H,2,14H2,1H3,(H,27,28). The molecule has 0 aliphatic heterocycles. The lowest BCUT2D eigenvalue weighted by Crippen LogP contribution is -2.00. The lowest BCUT2D eigenvalue weighted by molar-refractivity contribution is 0.0699. The minimum Gasteiger partial charge on any atom is -0.494 e. The van der Waals surface area contributed by atoms with Crippen molar-refractivity contribution >= 4 is 16.9 Å². The highest BCUT2D eigenvalue weighted by Crippen LogP contribution is 2.30. The average molecular weight is 383 g/mol. The summed E-state index contributed by atoms with van der Waals surface area (Å²) in [7, 11) is 0. The van der Waals surface area contributed by atoms with Crippen LogP contribution in [0.4, 0.5) is 0 Å². The van der Waals surface area contributed by atoms with Crippen molar-refractivity contribution in [2.45, 2.75) is 13.3 Å². The van der Waals surface area contributed by atoms with Crippen molar-refractivity contribution in [1.82, 2.24) is 4.98 Å². The molecule has 0 aliphatic rings. The minimum atomic E-state index is -0.963. The number of carbonyl (C=O) groups is 1. The van der Waals surface area contributed by atoms with Gasteiger partial charge in [0, 0.05) is 10.9 Å². The molecular formula is C25H21NO3. The minimum absolute atomic E-state index is 0.249. The number of benzene rings is 3. The molecule has 0 saturated heterocycles. The predicted octanol–water partition coefficient (Wildman–Crippen LogP) is 6.06. The molecule has 4 aromatic rings. The number of nitrogens with zero attached hydrogens (tertiary/aromatic N) is 1. The van der Waals surface area contributed by atoms with E-state index >= 15 is 0 Å². The summed E-state index contributed by atoms with van der Waals surface area (Å²) in [5.41, 5.74) is 4.40. The van der Waals surface area contributed by atoms with E-state index in [4.69, 9.17) is 4.74 Å². The van der Waals surface area contributed by atoms with E-state index in [1.807, 2.05) is 72.8 Å². The van der Waals surface area contributed by atoms with E-state index in [0.717, 1.165) is 28.9 Å². The highest BCUT2D eigenvalue weighted by molar-refractivity contribution is 6.05. The fourth-order valence-corrected chi connectivity index (χ4v) is 3.30. The van der Waals surface area contributed by atoms with E-state index in [1.165, 1.54) is 0 Å². The number of carboxylic acids is 1. The van der Waals surface area contributed by atoms with Crippen LogP contribution in [0, 0.1) is 0 Å². The number of rotatable bonds is 6. The van der Waals surface area contributed by atoms with Crippen molar-refractivity contribution < 1.29 is 14.6 Å². The fraction of sp³-hybridized carbons (Fsp3) is 0.120. The molecule has 144 valence electrons. The van der Waals surface area contributed by atoms with E-state index in [1.54, 1.807) is 6.07 Å². The zero-order valence-electron chi connectivity index (χ0n) is 16.1. The summed E-state index contributed by atoms with van der Waals surface area (Å²) >= 11 is 0. The lowest BCUT2D eigenvalue weighted by Gasteiger charge is -2.10. The van der Waals surface area contributed by atoms with Crippen molar-refractivity contribution in [3.63, 3.8) is 0 Å². The van der Waals surface area contributed by atoms with Crippen LogP contribution in [0.1, 0.15) is 23.7 Å². The van der Waals surface area contributed by atoms with E-state index in [2.05, 4.69) is 11.9 Å². The van der Waals surface area contributed by atoms with Crippen LogP contribution in [-0.2, 0) is 0 Å². The Kier molecular flexibility index (Phi) is 5.25. The normalized spacial score (nSPS) is 10.8. The fourth-order valence-electron chi connectivity index (χ4n) is 3.30. The molecule has 0 saturated carbocycles. The molecule has 1 N–H and O–H groups in total. The van der Waals surface area contributed by atoms with Crippen LogP contribution >= 0.6 is 0 Å². The molecule has 0 bridgehead atoms. The first-order valence-electron chi connectivity index (χ1n) is 9.62. The predicted molar refractivity (Wildman–Crippen MR) is 115 cm³/mol. The van der Waals surface area contributed by atoms with E-state index < -0.39 is 5.97 Å². The van der Waals surface area contributed by atoms with Gasteiger partial charge in [0.05, 0.1) is 23.4 Å². The molecule has 4 heteroatoms. The smallest absolute Gasteiger partial charge is 0.336 e. The van der Waals surface area contributed by atoms with Crippen LogP contribution in [0.25, 0.3) is 33.3 Å². The summed E-state index contributed by atoms with van der Waals surface area (Å²) < 4.78 is 5.63. The molecule has 4 nitrogen and oxygen atoms in total. The Hall–Kier alpha value is -3.66. The molecule has 1 aromatic heterocycles. The van der Waals surface area contributed by atoms with Crippen LogP contribution < -0.4 is 4.74 Å². The third-order valence-corrected chi connectivity index (χ3v) is 4.77. The molecule has 0 amide bonds. The SMILES string of the molecule is CCCOc1ccc(-c2ccc3nc(-c4ccccc4)cc(C(=O)O)c3c2)cc1. The molecule has 0 aliphatic carbocycles. The van der Waals surface area contributed by atoms with Gasteiger partial charge in [-0.25, -0.2) is 9.78 Å². The van der Waals surface area contributed by atoms with Gasteiger partial charge in [-0.15, -0.1) is 0 Å². The molecule has 0 unspecified atom stereocenters. The Bertz CT molecular complexity index is 1150. The number of hydrogen-bond acceptors (Lipinski definition) is 3. The Balaban J connectivity index is 1.77. The average Bonchev–Trinajstić information content (AvgIpc) is 2.77. The third-order valence-electron chi connectivity index (χ3n) is 4.77. The van der Waals surface area contributed by atoms with Crippen LogP contribution in [0.15, 0.2) is 78.9 Å². The second-order valence-corrected chi connectivity index (χ2v) is 6.83. The summed E-state index contributed by atoms with van der Waals surface area (Å²) in [6, 6.07) is 24.8. The van der Waals surface area contributed by atoms with E-state index in [9.17, 15) is 9.90 Å². The first-order valence-corrected chi connectivity index (χ1v) is 9.62. The molecule has 0 spiro atoms. The monoisotopic (exact) mass is 383 g/mol. The number of fused-ring (bicyclic) bond motifs is 1. The zero-order chi connectivity index (χ0) is 20.2. The van der Waals surface area contributed by atoms with Gasteiger partial charge in [-0.3, -0.25) is 0 Å². The summed E-state index contributed by atoms with van der Waals surface area (Å²) in [6.45, 7) is 2.76. The van der Waals surface area contributed by atoms with Gasteiger partial charge in [0.1, 0.15) is 5.75 Å². The van der Waals surface area contributed by atoms with Crippen LogP contribution in [-0.4, -0.2) is 22.7 Å². The first-order chi connectivity index (χ1) is 14.2. The van der Waals surface area contributed by atoms with E-state index in [-0.39, 0.29) is 5.56 Å². The van der Waals surface area contributed by atoms with Crippen LogP contribution in [0.3, 0.4) is 0 Å². The topological polar surface area (TPSA) is 59.4 Å². The number of ether oxygens (including phenoxy) is 1.